The summed E-state index contributed by atoms with van der Waals surface area (Å²) in [7, 11) is 0. The van der Waals surface area contributed by atoms with E-state index in [1.807, 2.05) is 11.5 Å². The molecule has 1 aromatic heterocycles. The topological polar surface area (TPSA) is 88.9 Å². The molecule has 0 unspecified atom stereocenters. The fraction of sp³-hybridized carbons (Fsp3) is 0.333. The lowest BCUT2D eigenvalue weighted by molar-refractivity contribution is -0.113. The van der Waals surface area contributed by atoms with Gasteiger partial charge in [-0.05, 0) is 49.6 Å². The molecule has 3 rings (SSSR count). The van der Waals surface area contributed by atoms with Crippen LogP contribution in [0.15, 0.2) is 47.6 Å². The predicted octanol–water partition coefficient (Wildman–Crippen LogP) is 6.51. The zero-order valence-electron chi connectivity index (χ0n) is 19.5. The average molecular weight is 555 g/mol. The van der Waals surface area contributed by atoms with Crippen molar-refractivity contribution in [3.8, 4) is 0 Å². The van der Waals surface area contributed by atoms with Crippen molar-refractivity contribution in [1.82, 2.24) is 20.1 Å². The molecule has 0 spiro atoms. The lowest BCUT2D eigenvalue weighted by Crippen LogP contribution is -2.31. The summed E-state index contributed by atoms with van der Waals surface area (Å²) in [6.07, 6.45) is 0.662. The molecular formula is C24H26Cl3N5O2S. The Kier molecular flexibility index (Phi) is 9.86. The number of carbonyl (C=O) groups excluding carboxylic acids is 2. The zero-order chi connectivity index (χ0) is 25.5. The first-order chi connectivity index (χ1) is 16.7. The van der Waals surface area contributed by atoms with Crippen LogP contribution in [0.3, 0.4) is 0 Å². The number of nitrogens with one attached hydrogen (secondary N) is 2. The maximum Gasteiger partial charge on any atom is 0.253 e. The molecule has 7 nitrogen and oxygen atoms in total. The number of thioether (sulfide) groups is 1. The van der Waals surface area contributed by atoms with Crippen LogP contribution >= 0.6 is 46.6 Å². The standard InChI is InChI=1S/C24H26Cl3N5O2S/c1-4-32-22(20(9-14(2)3)29-23(34)18-7-5-6-8-19(18)27)30-31-24(32)35-13-21(33)28-17-11-15(25)10-16(26)12-17/h5-8,10-12,14,20H,4,9,13H2,1-3H3,(H,28,33)(H,29,34)/t20-/m1/s1. The van der Waals surface area contributed by atoms with E-state index in [4.69, 9.17) is 34.8 Å². The Labute approximate surface area is 223 Å². The number of amides is 2. The monoisotopic (exact) mass is 553 g/mol. The molecule has 0 saturated heterocycles. The van der Waals surface area contributed by atoms with E-state index >= 15 is 0 Å². The van der Waals surface area contributed by atoms with Crippen LogP contribution in [-0.2, 0) is 11.3 Å². The predicted molar refractivity (Wildman–Crippen MR) is 143 cm³/mol. The number of benzene rings is 2. The van der Waals surface area contributed by atoms with Crippen LogP contribution in [-0.4, -0.2) is 32.3 Å². The fourth-order valence-corrected chi connectivity index (χ4v) is 5.05. The van der Waals surface area contributed by atoms with Gasteiger partial charge in [-0.2, -0.15) is 0 Å². The van der Waals surface area contributed by atoms with Crippen molar-refractivity contribution in [2.24, 2.45) is 5.92 Å². The van der Waals surface area contributed by atoms with Gasteiger partial charge in [0.25, 0.3) is 5.91 Å². The first-order valence-corrected chi connectivity index (χ1v) is 13.2. The zero-order valence-corrected chi connectivity index (χ0v) is 22.6. The molecule has 1 heterocycles. The molecule has 186 valence electrons. The van der Waals surface area contributed by atoms with Crippen LogP contribution in [0, 0.1) is 5.92 Å². The van der Waals surface area contributed by atoms with Gasteiger partial charge in [0, 0.05) is 22.3 Å². The summed E-state index contributed by atoms with van der Waals surface area (Å²) in [5.74, 6) is 0.529. The molecule has 35 heavy (non-hydrogen) atoms. The highest BCUT2D eigenvalue weighted by Gasteiger charge is 2.25. The molecule has 0 bridgehead atoms. The van der Waals surface area contributed by atoms with Gasteiger partial charge in [-0.15, -0.1) is 10.2 Å². The van der Waals surface area contributed by atoms with Gasteiger partial charge in [0.05, 0.1) is 22.4 Å². The van der Waals surface area contributed by atoms with E-state index in [0.717, 1.165) is 0 Å². The molecule has 2 aromatic carbocycles. The second-order valence-corrected chi connectivity index (χ2v) is 10.4. The third-order valence-corrected chi connectivity index (χ3v) is 6.72. The van der Waals surface area contributed by atoms with Crippen LogP contribution in [0.2, 0.25) is 15.1 Å². The second kappa shape index (κ2) is 12.6. The second-order valence-electron chi connectivity index (χ2n) is 8.22. The Morgan fingerprint density at radius 1 is 1.06 bits per heavy atom. The SMILES string of the molecule is CCn1c(SCC(=O)Nc2cc(Cl)cc(Cl)c2)nnc1[C@@H](CC(C)C)NC(=O)c1ccccc1Cl. The summed E-state index contributed by atoms with van der Waals surface area (Å²) in [5, 5.41) is 16.3. The number of hydrogen-bond donors (Lipinski definition) is 2. The van der Waals surface area contributed by atoms with Gasteiger partial charge in [0.1, 0.15) is 0 Å². The molecule has 0 aliphatic rings. The summed E-state index contributed by atoms with van der Waals surface area (Å²) in [6, 6.07) is 11.4. The molecule has 2 N–H and O–H groups in total. The van der Waals surface area contributed by atoms with Crippen LogP contribution in [0.4, 0.5) is 5.69 Å². The lowest BCUT2D eigenvalue weighted by atomic mass is 10.0. The minimum absolute atomic E-state index is 0.114. The Morgan fingerprint density at radius 2 is 1.74 bits per heavy atom. The lowest BCUT2D eigenvalue weighted by Gasteiger charge is -2.21. The molecule has 3 aromatic rings. The minimum Gasteiger partial charge on any atom is -0.342 e. The fourth-order valence-electron chi connectivity index (χ4n) is 3.50. The maximum atomic E-state index is 12.9. The quantitative estimate of drug-likeness (QED) is 0.279. The van der Waals surface area contributed by atoms with Gasteiger partial charge >= 0.3 is 0 Å². The summed E-state index contributed by atoms with van der Waals surface area (Å²) < 4.78 is 1.91. The van der Waals surface area contributed by atoms with E-state index in [1.54, 1.807) is 42.5 Å². The summed E-state index contributed by atoms with van der Waals surface area (Å²) in [4.78, 5) is 25.4. The number of nitrogens with zero attached hydrogens (tertiary/aromatic N) is 3. The Hall–Kier alpha value is -2.26. The van der Waals surface area contributed by atoms with Crippen LogP contribution in [0.25, 0.3) is 0 Å². The number of rotatable bonds is 10. The van der Waals surface area contributed by atoms with Crippen molar-refractivity contribution in [3.05, 3.63) is 68.9 Å². The van der Waals surface area contributed by atoms with E-state index in [1.165, 1.54) is 11.8 Å². The third-order valence-electron chi connectivity index (χ3n) is 4.98. The van der Waals surface area contributed by atoms with E-state index in [9.17, 15) is 9.59 Å². The molecule has 0 saturated carbocycles. The Bertz CT molecular complexity index is 1180. The molecule has 2 amide bonds. The summed E-state index contributed by atoms with van der Waals surface area (Å²) in [6.45, 7) is 6.69. The summed E-state index contributed by atoms with van der Waals surface area (Å²) >= 11 is 19.5. The highest BCUT2D eigenvalue weighted by Crippen LogP contribution is 2.27. The van der Waals surface area contributed by atoms with Crippen molar-refractivity contribution in [2.75, 3.05) is 11.1 Å². The van der Waals surface area contributed by atoms with Crippen molar-refractivity contribution in [3.63, 3.8) is 0 Å². The number of aromatic nitrogens is 3. The Balaban J connectivity index is 1.74. The van der Waals surface area contributed by atoms with Crippen molar-refractivity contribution in [1.29, 1.82) is 0 Å². The average Bonchev–Trinajstić information content (AvgIpc) is 3.19. The van der Waals surface area contributed by atoms with Crippen LogP contribution in [0.1, 0.15) is 49.4 Å². The first-order valence-electron chi connectivity index (χ1n) is 11.0. The van der Waals surface area contributed by atoms with Crippen molar-refractivity contribution in [2.45, 2.75) is 44.9 Å². The third kappa shape index (κ3) is 7.61. The van der Waals surface area contributed by atoms with Gasteiger partial charge in [0.15, 0.2) is 11.0 Å². The molecule has 0 radical (unpaired) electrons. The first kappa shape index (κ1) is 27.3. The summed E-state index contributed by atoms with van der Waals surface area (Å²) in [5.41, 5.74) is 0.919. The van der Waals surface area contributed by atoms with Crippen molar-refractivity contribution >= 4 is 64.1 Å². The molecule has 0 fully saturated rings. The molecule has 0 aliphatic heterocycles. The van der Waals surface area contributed by atoms with Crippen molar-refractivity contribution < 1.29 is 9.59 Å². The number of halogens is 3. The van der Waals surface area contributed by atoms with Crippen LogP contribution < -0.4 is 10.6 Å². The molecule has 0 aliphatic carbocycles. The van der Waals surface area contributed by atoms with E-state index in [-0.39, 0.29) is 23.6 Å². The minimum atomic E-state index is -0.372. The van der Waals surface area contributed by atoms with Gasteiger partial charge in [-0.1, -0.05) is 72.5 Å². The highest BCUT2D eigenvalue weighted by atomic mass is 35.5. The molecular weight excluding hydrogens is 529 g/mol. The largest absolute Gasteiger partial charge is 0.342 e. The van der Waals surface area contributed by atoms with Gasteiger partial charge in [0.2, 0.25) is 5.91 Å². The van der Waals surface area contributed by atoms with Gasteiger partial charge in [-0.3, -0.25) is 9.59 Å². The van der Waals surface area contributed by atoms with E-state index in [2.05, 4.69) is 34.7 Å². The maximum absolute atomic E-state index is 12.9. The molecule has 11 heteroatoms. The van der Waals surface area contributed by atoms with Gasteiger partial charge < -0.3 is 15.2 Å². The van der Waals surface area contributed by atoms with Gasteiger partial charge in [-0.25, -0.2) is 0 Å². The van der Waals surface area contributed by atoms with Crippen LogP contribution in [0.5, 0.6) is 0 Å². The number of hydrogen-bond acceptors (Lipinski definition) is 5. The number of anilines is 1. The normalized spacial score (nSPS) is 12.0. The molecule has 1 atom stereocenters. The number of carbonyl (C=O) groups is 2. The Morgan fingerprint density at radius 3 is 2.37 bits per heavy atom. The van der Waals surface area contributed by atoms with E-state index < -0.39 is 0 Å². The van der Waals surface area contributed by atoms with E-state index in [0.29, 0.717) is 56.2 Å². The highest BCUT2D eigenvalue weighted by molar-refractivity contribution is 7.99. The smallest absolute Gasteiger partial charge is 0.253 e.